The third kappa shape index (κ3) is 5.23. The van der Waals surface area contributed by atoms with Crippen LogP contribution in [0.2, 0.25) is 0 Å². The number of benzene rings is 2. The highest BCUT2D eigenvalue weighted by Gasteiger charge is 2.36. The van der Waals surface area contributed by atoms with Gasteiger partial charge in [-0.3, -0.25) is 14.4 Å². The predicted octanol–water partition coefficient (Wildman–Crippen LogP) is 1.49. The molecule has 9 nitrogen and oxygen atoms in total. The highest BCUT2D eigenvalue weighted by atomic mass is 16.5. The number of aliphatic carboxylic acids is 1. The first-order chi connectivity index (χ1) is 15.3. The molecule has 2 aromatic rings. The van der Waals surface area contributed by atoms with E-state index in [4.69, 9.17) is 4.74 Å². The van der Waals surface area contributed by atoms with E-state index in [1.807, 2.05) is 0 Å². The molecule has 0 bridgehead atoms. The van der Waals surface area contributed by atoms with Crippen molar-refractivity contribution in [3.05, 3.63) is 60.2 Å². The van der Waals surface area contributed by atoms with Gasteiger partial charge in [-0.25, -0.2) is 4.79 Å². The fourth-order valence-electron chi connectivity index (χ4n) is 3.49. The van der Waals surface area contributed by atoms with E-state index in [1.165, 1.54) is 11.8 Å². The Balaban J connectivity index is 1.59. The summed E-state index contributed by atoms with van der Waals surface area (Å²) in [4.78, 5) is 50.7. The minimum absolute atomic E-state index is 0.0218. The zero-order chi connectivity index (χ0) is 23.3. The molecule has 0 radical (unpaired) electrons. The molecule has 0 unspecified atom stereocenters. The zero-order valence-electron chi connectivity index (χ0n) is 17.8. The monoisotopic (exact) mass is 439 g/mol. The maximum Gasteiger partial charge on any atom is 0.330 e. The van der Waals surface area contributed by atoms with Crippen molar-refractivity contribution in [3.63, 3.8) is 0 Å². The number of anilines is 1. The molecule has 9 heteroatoms. The van der Waals surface area contributed by atoms with Gasteiger partial charge in [-0.05, 0) is 36.8 Å². The largest absolute Gasteiger partial charge is 0.497 e. The van der Waals surface area contributed by atoms with Gasteiger partial charge in [0, 0.05) is 18.7 Å². The topological polar surface area (TPSA) is 125 Å². The van der Waals surface area contributed by atoms with E-state index in [0.717, 1.165) is 0 Å². The van der Waals surface area contributed by atoms with Crippen LogP contribution in [-0.2, 0) is 19.2 Å². The van der Waals surface area contributed by atoms with Crippen molar-refractivity contribution >= 4 is 29.4 Å². The molecular weight excluding hydrogens is 414 g/mol. The maximum absolute atomic E-state index is 12.7. The molecule has 0 saturated carbocycles. The van der Waals surface area contributed by atoms with Crippen molar-refractivity contribution in [2.45, 2.75) is 25.4 Å². The van der Waals surface area contributed by atoms with Crippen LogP contribution in [0.1, 0.15) is 24.9 Å². The van der Waals surface area contributed by atoms with E-state index < -0.39 is 35.8 Å². The molecule has 3 amide bonds. The van der Waals surface area contributed by atoms with Crippen molar-refractivity contribution in [1.82, 2.24) is 10.6 Å². The van der Waals surface area contributed by atoms with E-state index in [0.29, 0.717) is 17.0 Å². The smallest absolute Gasteiger partial charge is 0.330 e. The number of ether oxygens (including phenoxy) is 1. The summed E-state index contributed by atoms with van der Waals surface area (Å²) in [5.41, 5.74) is 1.08. The lowest BCUT2D eigenvalue weighted by atomic mass is 10.1. The molecular formula is C23H25N3O6. The second-order valence-electron chi connectivity index (χ2n) is 7.52. The SMILES string of the molecule is COc1ccc(N2C[C@H](C(=O)N[C@@H](C)C(=O)N[C@@H](C(=O)O)c3ccccc3)CC2=O)cc1. The zero-order valence-corrected chi connectivity index (χ0v) is 17.8. The van der Waals surface area contributed by atoms with Crippen molar-refractivity contribution in [2.75, 3.05) is 18.6 Å². The van der Waals surface area contributed by atoms with Gasteiger partial charge in [-0.1, -0.05) is 30.3 Å². The molecule has 2 aromatic carbocycles. The van der Waals surface area contributed by atoms with E-state index in [1.54, 1.807) is 61.7 Å². The summed E-state index contributed by atoms with van der Waals surface area (Å²) in [7, 11) is 1.55. The third-order valence-corrected chi connectivity index (χ3v) is 5.30. The van der Waals surface area contributed by atoms with Gasteiger partial charge >= 0.3 is 5.97 Å². The van der Waals surface area contributed by atoms with Crippen LogP contribution in [0.15, 0.2) is 54.6 Å². The number of nitrogens with zero attached hydrogens (tertiary/aromatic N) is 1. The number of nitrogens with one attached hydrogen (secondary N) is 2. The minimum Gasteiger partial charge on any atom is -0.497 e. The molecule has 1 fully saturated rings. The molecule has 0 aromatic heterocycles. The molecule has 1 aliphatic heterocycles. The minimum atomic E-state index is -1.23. The van der Waals surface area contributed by atoms with E-state index in [-0.39, 0.29) is 18.9 Å². The first-order valence-corrected chi connectivity index (χ1v) is 10.1. The number of rotatable bonds is 8. The van der Waals surface area contributed by atoms with Gasteiger partial charge in [0.15, 0.2) is 6.04 Å². The third-order valence-electron chi connectivity index (χ3n) is 5.30. The summed E-state index contributed by atoms with van der Waals surface area (Å²) in [6.45, 7) is 1.66. The number of carbonyl (C=O) groups excluding carboxylic acids is 3. The van der Waals surface area contributed by atoms with Gasteiger partial charge in [0.1, 0.15) is 11.8 Å². The van der Waals surface area contributed by atoms with Crippen LogP contribution in [-0.4, -0.2) is 48.5 Å². The number of hydrogen-bond acceptors (Lipinski definition) is 5. The first-order valence-electron chi connectivity index (χ1n) is 10.1. The number of carboxylic acids is 1. The Morgan fingerprint density at radius 1 is 1.06 bits per heavy atom. The van der Waals surface area contributed by atoms with Gasteiger partial charge in [-0.2, -0.15) is 0 Å². The summed E-state index contributed by atoms with van der Waals surface area (Å²) in [6, 6.07) is 13.0. The molecule has 0 aliphatic carbocycles. The highest BCUT2D eigenvalue weighted by Crippen LogP contribution is 2.27. The van der Waals surface area contributed by atoms with Crippen LogP contribution in [0.5, 0.6) is 5.75 Å². The molecule has 32 heavy (non-hydrogen) atoms. The summed E-state index contributed by atoms with van der Waals surface area (Å²) < 4.78 is 5.11. The van der Waals surface area contributed by atoms with Crippen LogP contribution in [0.4, 0.5) is 5.69 Å². The van der Waals surface area contributed by atoms with E-state index in [9.17, 15) is 24.3 Å². The van der Waals surface area contributed by atoms with Gasteiger partial charge < -0.3 is 25.4 Å². The molecule has 1 heterocycles. The summed E-state index contributed by atoms with van der Waals surface area (Å²) in [5, 5.41) is 14.5. The molecule has 3 N–H and O–H groups in total. The lowest BCUT2D eigenvalue weighted by Gasteiger charge is -2.20. The Hall–Kier alpha value is -3.88. The fraction of sp³-hybridized carbons (Fsp3) is 0.304. The van der Waals surface area contributed by atoms with Gasteiger partial charge in [0.2, 0.25) is 17.7 Å². The Labute approximate surface area is 185 Å². The normalized spacial score (nSPS) is 17.4. The molecule has 168 valence electrons. The van der Waals surface area contributed by atoms with Crippen LogP contribution in [0.25, 0.3) is 0 Å². The van der Waals surface area contributed by atoms with Crippen molar-refractivity contribution in [3.8, 4) is 5.75 Å². The quantitative estimate of drug-likeness (QED) is 0.572. The van der Waals surface area contributed by atoms with E-state index in [2.05, 4.69) is 10.6 Å². The second-order valence-corrected chi connectivity index (χ2v) is 7.52. The Morgan fingerprint density at radius 3 is 2.31 bits per heavy atom. The lowest BCUT2D eigenvalue weighted by molar-refractivity contribution is -0.142. The number of hydrogen-bond donors (Lipinski definition) is 3. The highest BCUT2D eigenvalue weighted by molar-refractivity contribution is 6.01. The van der Waals surface area contributed by atoms with Crippen LogP contribution in [0.3, 0.4) is 0 Å². The standard InChI is InChI=1S/C23H25N3O6/c1-14(21(28)25-20(23(30)31)15-6-4-3-5-7-15)24-22(29)16-12-19(27)26(13-16)17-8-10-18(32-2)11-9-17/h3-11,14,16,20H,12-13H2,1-2H3,(H,24,29)(H,25,28)(H,30,31)/t14-,16+,20+/m0/s1. The van der Waals surface area contributed by atoms with E-state index >= 15 is 0 Å². The molecule has 3 atom stereocenters. The van der Waals surface area contributed by atoms with Gasteiger partial charge in [-0.15, -0.1) is 0 Å². The average Bonchev–Trinajstić information content (AvgIpc) is 3.19. The van der Waals surface area contributed by atoms with Gasteiger partial charge in [0.05, 0.1) is 13.0 Å². The van der Waals surface area contributed by atoms with Crippen molar-refractivity contribution in [2.24, 2.45) is 5.92 Å². The van der Waals surface area contributed by atoms with Gasteiger partial charge in [0.25, 0.3) is 0 Å². The number of carbonyl (C=O) groups is 4. The number of carboxylic acid groups (broad SMARTS) is 1. The summed E-state index contributed by atoms with van der Waals surface area (Å²) >= 11 is 0. The lowest BCUT2D eigenvalue weighted by Crippen LogP contribution is -2.49. The predicted molar refractivity (Wildman–Crippen MR) is 116 cm³/mol. The molecule has 1 saturated heterocycles. The Morgan fingerprint density at radius 2 is 1.72 bits per heavy atom. The van der Waals surface area contributed by atoms with Crippen molar-refractivity contribution < 1.29 is 29.0 Å². The van der Waals surface area contributed by atoms with Crippen LogP contribution >= 0.6 is 0 Å². The Kier molecular flexibility index (Phi) is 7.09. The maximum atomic E-state index is 12.7. The van der Waals surface area contributed by atoms with Crippen molar-refractivity contribution in [1.29, 1.82) is 0 Å². The average molecular weight is 439 g/mol. The van der Waals surface area contributed by atoms with Crippen LogP contribution < -0.4 is 20.3 Å². The number of amides is 3. The molecule has 3 rings (SSSR count). The van der Waals surface area contributed by atoms with Crippen LogP contribution in [0, 0.1) is 5.92 Å². The number of methoxy groups -OCH3 is 1. The summed E-state index contributed by atoms with van der Waals surface area (Å²) in [6.07, 6.45) is 0.0218. The fourth-order valence-corrected chi connectivity index (χ4v) is 3.49. The second kappa shape index (κ2) is 9.95. The summed E-state index contributed by atoms with van der Waals surface area (Å²) in [5.74, 6) is -2.44. The Bertz CT molecular complexity index is 993. The molecule has 0 spiro atoms. The first kappa shape index (κ1) is 22.8. The molecule has 1 aliphatic rings.